The van der Waals surface area contributed by atoms with Crippen LogP contribution in [0.2, 0.25) is 0 Å². The molecule has 1 heterocycles. The monoisotopic (exact) mass is 284 g/mol. The Bertz CT molecular complexity index is 437. The molecule has 0 bridgehead atoms. The molecule has 2 N–H and O–H groups in total. The van der Waals surface area contributed by atoms with Gasteiger partial charge in [-0.15, -0.1) is 0 Å². The fourth-order valence-corrected chi connectivity index (χ4v) is 1.77. The molecule has 5 nitrogen and oxygen atoms in total. The van der Waals surface area contributed by atoms with Crippen LogP contribution in [0.1, 0.15) is 39.4 Å². The molecule has 0 aromatic carbocycles. The van der Waals surface area contributed by atoms with E-state index in [0.29, 0.717) is 6.54 Å². The van der Waals surface area contributed by atoms with Crippen molar-refractivity contribution in [2.45, 2.75) is 38.9 Å². The van der Waals surface area contributed by atoms with E-state index in [0.717, 1.165) is 24.0 Å². The average Bonchev–Trinajstić information content (AvgIpc) is 2.35. The van der Waals surface area contributed by atoms with Gasteiger partial charge in [0.15, 0.2) is 0 Å². The van der Waals surface area contributed by atoms with Crippen molar-refractivity contribution in [2.75, 3.05) is 30.0 Å². The van der Waals surface area contributed by atoms with Crippen LogP contribution in [0.5, 0.6) is 0 Å². The predicted molar refractivity (Wildman–Crippen MR) is 82.3 cm³/mol. The van der Waals surface area contributed by atoms with Crippen LogP contribution in [0, 0.1) is 0 Å². The summed E-state index contributed by atoms with van der Waals surface area (Å²) in [5.41, 5.74) is 0. The molecule has 0 radical (unpaired) electrons. The molecule has 0 saturated heterocycles. The van der Waals surface area contributed by atoms with Gasteiger partial charge in [0.25, 0.3) is 0 Å². The van der Waals surface area contributed by atoms with Gasteiger partial charge in [0.05, 0.1) is 0 Å². The second-order valence-corrected chi connectivity index (χ2v) is 6.67. The largest absolute Gasteiger partial charge is 0.370 e. The van der Waals surface area contributed by atoms with Crippen LogP contribution >= 0.6 is 0 Å². The van der Waals surface area contributed by atoms with Crippen LogP contribution in [0.25, 0.3) is 0 Å². The molecule has 0 aliphatic carbocycles. The smallest absolute Gasteiger partial charge is 0.135 e. The topological polar surface area (TPSA) is 66.9 Å². The highest BCUT2D eigenvalue weighted by Crippen LogP contribution is 2.17. The summed E-state index contributed by atoms with van der Waals surface area (Å²) in [6, 6.07) is 1.89. The maximum Gasteiger partial charge on any atom is 0.135 e. The van der Waals surface area contributed by atoms with E-state index in [1.165, 1.54) is 0 Å². The van der Waals surface area contributed by atoms with E-state index in [1.54, 1.807) is 6.26 Å². The Labute approximate surface area is 118 Å². The van der Waals surface area contributed by atoms with Crippen LogP contribution in [0.15, 0.2) is 6.07 Å². The first-order chi connectivity index (χ1) is 8.93. The van der Waals surface area contributed by atoms with Gasteiger partial charge in [-0.3, -0.25) is 4.21 Å². The van der Waals surface area contributed by atoms with Crippen LogP contribution in [0.3, 0.4) is 0 Å². The predicted octanol–water partition coefficient (Wildman–Crippen LogP) is 2.21. The van der Waals surface area contributed by atoms with Crippen molar-refractivity contribution in [1.29, 1.82) is 0 Å². The van der Waals surface area contributed by atoms with Crippen LogP contribution in [-0.4, -0.2) is 38.8 Å². The molecule has 0 fully saturated rings. The number of hydrogen-bond donors (Lipinski definition) is 2. The summed E-state index contributed by atoms with van der Waals surface area (Å²) in [6.45, 7) is 9.59. The van der Waals surface area contributed by atoms with E-state index < -0.39 is 10.8 Å². The van der Waals surface area contributed by atoms with E-state index in [1.807, 2.05) is 19.9 Å². The normalized spacial score (nSPS) is 14.2. The van der Waals surface area contributed by atoms with Gasteiger partial charge in [-0.05, 0) is 13.8 Å². The highest BCUT2D eigenvalue weighted by molar-refractivity contribution is 7.84. The second-order valence-electron chi connectivity index (χ2n) is 4.87. The number of nitrogens with one attached hydrogen (secondary N) is 2. The molecule has 0 saturated carbocycles. The minimum atomic E-state index is -0.828. The quantitative estimate of drug-likeness (QED) is 0.803. The zero-order valence-electron chi connectivity index (χ0n) is 12.4. The van der Waals surface area contributed by atoms with Crippen molar-refractivity contribution < 1.29 is 4.21 Å². The van der Waals surface area contributed by atoms with Crippen molar-refractivity contribution in [1.82, 2.24) is 9.97 Å². The zero-order chi connectivity index (χ0) is 14.4. The molecule has 19 heavy (non-hydrogen) atoms. The molecule has 1 aromatic heterocycles. The Kier molecular flexibility index (Phi) is 6.21. The fourth-order valence-electron chi connectivity index (χ4n) is 1.45. The van der Waals surface area contributed by atoms with Crippen molar-refractivity contribution in [3.05, 3.63) is 11.9 Å². The van der Waals surface area contributed by atoms with Gasteiger partial charge in [0, 0.05) is 47.4 Å². The Hall–Kier alpha value is -1.17. The number of rotatable bonds is 7. The standard InChI is InChI=1S/C13H24N4OS/c1-6-14-11-7-12(15-8-10(4)19(5)18)17-13(16-11)9(2)3/h7,9-10H,6,8H2,1-5H3,(H2,14,15,16,17). The summed E-state index contributed by atoms with van der Waals surface area (Å²) in [5.74, 6) is 2.70. The fraction of sp³-hybridized carbons (Fsp3) is 0.692. The molecular formula is C13H24N4OS. The Balaban J connectivity index is 2.84. The third-order valence-corrected chi connectivity index (χ3v) is 4.05. The van der Waals surface area contributed by atoms with Crippen LogP contribution in [-0.2, 0) is 10.8 Å². The number of nitrogens with zero attached hydrogens (tertiary/aromatic N) is 2. The molecule has 0 amide bonds. The van der Waals surface area contributed by atoms with Crippen molar-refractivity contribution in [3.8, 4) is 0 Å². The van der Waals surface area contributed by atoms with Gasteiger partial charge >= 0.3 is 0 Å². The first kappa shape index (κ1) is 15.9. The minimum absolute atomic E-state index is 0.0973. The van der Waals surface area contributed by atoms with Gasteiger partial charge in [-0.1, -0.05) is 13.8 Å². The first-order valence-electron chi connectivity index (χ1n) is 6.63. The maximum absolute atomic E-state index is 11.3. The molecule has 1 aromatic rings. The van der Waals surface area contributed by atoms with Gasteiger partial charge in [0.2, 0.25) is 0 Å². The summed E-state index contributed by atoms with van der Waals surface area (Å²) < 4.78 is 11.3. The summed E-state index contributed by atoms with van der Waals surface area (Å²) in [6.07, 6.45) is 1.72. The molecule has 0 aliphatic heterocycles. The molecule has 0 aliphatic rings. The van der Waals surface area contributed by atoms with E-state index in [9.17, 15) is 4.21 Å². The van der Waals surface area contributed by atoms with E-state index in [-0.39, 0.29) is 11.2 Å². The molecule has 2 atom stereocenters. The lowest BCUT2D eigenvalue weighted by Gasteiger charge is -2.14. The lowest BCUT2D eigenvalue weighted by molar-refractivity contribution is 0.678. The second kappa shape index (κ2) is 7.43. The van der Waals surface area contributed by atoms with E-state index in [2.05, 4.69) is 34.4 Å². The lowest BCUT2D eigenvalue weighted by atomic mass is 10.2. The molecular weight excluding hydrogens is 260 g/mol. The Morgan fingerprint density at radius 2 is 1.79 bits per heavy atom. The third-order valence-electron chi connectivity index (χ3n) is 2.76. The van der Waals surface area contributed by atoms with Crippen LogP contribution in [0.4, 0.5) is 11.6 Å². The molecule has 2 unspecified atom stereocenters. The summed E-state index contributed by atoms with van der Waals surface area (Å²) in [5, 5.41) is 6.54. The third kappa shape index (κ3) is 5.14. The lowest BCUT2D eigenvalue weighted by Crippen LogP contribution is -2.21. The molecule has 1 rings (SSSR count). The Morgan fingerprint density at radius 3 is 2.26 bits per heavy atom. The molecule has 108 valence electrons. The highest BCUT2D eigenvalue weighted by atomic mass is 32.2. The maximum atomic E-state index is 11.3. The summed E-state index contributed by atoms with van der Waals surface area (Å²) >= 11 is 0. The molecule has 0 spiro atoms. The highest BCUT2D eigenvalue weighted by Gasteiger charge is 2.10. The number of aromatic nitrogens is 2. The van der Waals surface area contributed by atoms with Gasteiger partial charge in [-0.2, -0.15) is 0 Å². The van der Waals surface area contributed by atoms with E-state index in [4.69, 9.17) is 0 Å². The average molecular weight is 284 g/mol. The van der Waals surface area contributed by atoms with Crippen LogP contribution < -0.4 is 10.6 Å². The summed E-state index contributed by atoms with van der Waals surface area (Å²) in [4.78, 5) is 8.95. The Morgan fingerprint density at radius 1 is 1.21 bits per heavy atom. The minimum Gasteiger partial charge on any atom is -0.370 e. The van der Waals surface area contributed by atoms with Crippen molar-refractivity contribution in [3.63, 3.8) is 0 Å². The summed E-state index contributed by atoms with van der Waals surface area (Å²) in [7, 11) is -0.828. The number of anilines is 2. The van der Waals surface area contributed by atoms with Crippen molar-refractivity contribution in [2.24, 2.45) is 0 Å². The zero-order valence-corrected chi connectivity index (χ0v) is 13.2. The first-order valence-corrected chi connectivity index (χ1v) is 8.25. The van der Waals surface area contributed by atoms with E-state index >= 15 is 0 Å². The number of hydrogen-bond acceptors (Lipinski definition) is 5. The molecule has 6 heteroatoms. The van der Waals surface area contributed by atoms with Gasteiger partial charge < -0.3 is 10.6 Å². The van der Waals surface area contributed by atoms with Gasteiger partial charge in [-0.25, -0.2) is 9.97 Å². The van der Waals surface area contributed by atoms with Gasteiger partial charge in [0.1, 0.15) is 17.5 Å². The SMILES string of the molecule is CCNc1cc(NCC(C)S(C)=O)nc(C(C)C)n1. The van der Waals surface area contributed by atoms with Crippen molar-refractivity contribution >= 4 is 22.4 Å².